The lowest BCUT2D eigenvalue weighted by Gasteiger charge is -2.17. The summed E-state index contributed by atoms with van der Waals surface area (Å²) in [6, 6.07) is 9.11. The van der Waals surface area contributed by atoms with Crippen molar-refractivity contribution in [3.63, 3.8) is 0 Å². The van der Waals surface area contributed by atoms with E-state index in [0.717, 1.165) is 6.07 Å². The number of benzene rings is 2. The van der Waals surface area contributed by atoms with E-state index < -0.39 is 17.6 Å². The van der Waals surface area contributed by atoms with E-state index in [0.29, 0.717) is 5.69 Å². The third kappa shape index (κ3) is 2.76. The molecule has 0 heterocycles. The number of hydrogen-bond acceptors (Lipinski definition) is 1. The molecule has 0 aliphatic heterocycles. The number of rotatable bonds is 2. The van der Waals surface area contributed by atoms with Gasteiger partial charge in [0.1, 0.15) is 5.82 Å². The van der Waals surface area contributed by atoms with Crippen molar-refractivity contribution in [2.75, 3.05) is 19.0 Å². The minimum absolute atomic E-state index is 0.0517. The number of anilines is 1. The van der Waals surface area contributed by atoms with Crippen LogP contribution in [0.2, 0.25) is 0 Å². The van der Waals surface area contributed by atoms with E-state index in [4.69, 9.17) is 0 Å². The summed E-state index contributed by atoms with van der Waals surface area (Å²) in [5.41, 5.74) is -0.404. The fourth-order valence-electron chi connectivity index (χ4n) is 1.96. The van der Waals surface area contributed by atoms with E-state index in [9.17, 15) is 17.6 Å². The molecule has 0 spiro atoms. The Bertz CT molecular complexity index is 618. The molecule has 0 N–H and O–H groups in total. The maximum atomic E-state index is 13.9. The van der Waals surface area contributed by atoms with E-state index in [1.165, 1.54) is 36.4 Å². The average Bonchev–Trinajstić information content (AvgIpc) is 2.38. The van der Waals surface area contributed by atoms with Crippen LogP contribution >= 0.6 is 0 Å². The van der Waals surface area contributed by atoms with Crippen LogP contribution < -0.4 is 4.90 Å². The second kappa shape index (κ2) is 5.15. The minimum Gasteiger partial charge on any atom is -0.378 e. The van der Waals surface area contributed by atoms with Crippen LogP contribution in [0.3, 0.4) is 0 Å². The molecule has 0 aliphatic rings. The van der Waals surface area contributed by atoms with Gasteiger partial charge in [-0.15, -0.1) is 0 Å². The van der Waals surface area contributed by atoms with Gasteiger partial charge >= 0.3 is 6.18 Å². The van der Waals surface area contributed by atoms with Gasteiger partial charge in [0.2, 0.25) is 0 Å². The molecular formula is C15H13F4N. The normalized spacial score (nSPS) is 11.5. The summed E-state index contributed by atoms with van der Waals surface area (Å²) in [5, 5.41) is 0. The van der Waals surface area contributed by atoms with Crippen molar-refractivity contribution in [1.82, 2.24) is 0 Å². The first-order chi connectivity index (χ1) is 9.30. The molecule has 0 saturated carbocycles. The molecule has 5 heteroatoms. The van der Waals surface area contributed by atoms with Crippen LogP contribution in [-0.2, 0) is 6.18 Å². The first kappa shape index (κ1) is 14.4. The standard InChI is InChI=1S/C15H13F4N/c1-20(2)10-7-8-14(16)12(9-10)11-5-3-4-6-13(11)15(17,18)19/h3-9H,1-2H3. The van der Waals surface area contributed by atoms with Crippen molar-refractivity contribution in [3.8, 4) is 11.1 Å². The molecule has 20 heavy (non-hydrogen) atoms. The minimum atomic E-state index is -4.52. The number of halogens is 4. The highest BCUT2D eigenvalue weighted by molar-refractivity contribution is 5.72. The van der Waals surface area contributed by atoms with Gasteiger partial charge in [-0.3, -0.25) is 0 Å². The Balaban J connectivity index is 2.66. The number of nitrogens with zero attached hydrogens (tertiary/aromatic N) is 1. The van der Waals surface area contributed by atoms with Crippen molar-refractivity contribution in [1.29, 1.82) is 0 Å². The summed E-state index contributed by atoms with van der Waals surface area (Å²) in [6.07, 6.45) is -4.52. The summed E-state index contributed by atoms with van der Waals surface area (Å²) in [6.45, 7) is 0. The van der Waals surface area contributed by atoms with Gasteiger partial charge in [0.25, 0.3) is 0 Å². The SMILES string of the molecule is CN(C)c1ccc(F)c(-c2ccccc2C(F)(F)F)c1. The quantitative estimate of drug-likeness (QED) is 0.729. The van der Waals surface area contributed by atoms with Gasteiger partial charge in [-0.05, 0) is 29.8 Å². The summed E-state index contributed by atoms with van der Waals surface area (Å²) in [5.74, 6) is -0.674. The zero-order chi connectivity index (χ0) is 14.9. The third-order valence-electron chi connectivity index (χ3n) is 2.99. The topological polar surface area (TPSA) is 3.24 Å². The monoisotopic (exact) mass is 283 g/mol. The van der Waals surface area contributed by atoms with Gasteiger partial charge in [-0.1, -0.05) is 18.2 Å². The lowest BCUT2D eigenvalue weighted by atomic mass is 9.98. The van der Waals surface area contributed by atoms with E-state index in [2.05, 4.69) is 0 Å². The molecule has 0 atom stereocenters. The van der Waals surface area contributed by atoms with Crippen LogP contribution in [0.25, 0.3) is 11.1 Å². The fourth-order valence-corrected chi connectivity index (χ4v) is 1.96. The van der Waals surface area contributed by atoms with Crippen molar-refractivity contribution in [2.24, 2.45) is 0 Å². The molecule has 2 aromatic carbocycles. The Morgan fingerprint density at radius 1 is 0.900 bits per heavy atom. The highest BCUT2D eigenvalue weighted by Gasteiger charge is 2.33. The summed E-state index contributed by atoms with van der Waals surface area (Å²) in [4.78, 5) is 1.71. The molecule has 0 saturated heterocycles. The largest absolute Gasteiger partial charge is 0.417 e. The zero-order valence-electron chi connectivity index (χ0n) is 11.0. The molecular weight excluding hydrogens is 270 g/mol. The van der Waals surface area contributed by atoms with Crippen LogP contribution in [0.5, 0.6) is 0 Å². The van der Waals surface area contributed by atoms with Crippen LogP contribution in [-0.4, -0.2) is 14.1 Å². The second-order valence-corrected chi connectivity index (χ2v) is 4.60. The van der Waals surface area contributed by atoms with Gasteiger partial charge in [0.15, 0.2) is 0 Å². The first-order valence-electron chi connectivity index (χ1n) is 5.94. The Labute approximate surface area is 114 Å². The summed E-state index contributed by atoms with van der Waals surface area (Å²) in [7, 11) is 3.49. The second-order valence-electron chi connectivity index (χ2n) is 4.60. The molecule has 0 fully saturated rings. The fraction of sp³-hybridized carbons (Fsp3) is 0.200. The Kier molecular flexibility index (Phi) is 3.70. The highest BCUT2D eigenvalue weighted by atomic mass is 19.4. The smallest absolute Gasteiger partial charge is 0.378 e. The zero-order valence-corrected chi connectivity index (χ0v) is 11.0. The van der Waals surface area contributed by atoms with Crippen molar-refractivity contribution < 1.29 is 17.6 Å². The van der Waals surface area contributed by atoms with Crippen molar-refractivity contribution in [3.05, 3.63) is 53.8 Å². The lowest BCUT2D eigenvalue weighted by Crippen LogP contribution is -2.10. The van der Waals surface area contributed by atoms with Crippen LogP contribution in [0.1, 0.15) is 5.56 Å². The molecule has 1 nitrogen and oxygen atoms in total. The molecule has 2 aromatic rings. The molecule has 0 bridgehead atoms. The van der Waals surface area contributed by atoms with E-state index >= 15 is 0 Å². The third-order valence-corrected chi connectivity index (χ3v) is 2.99. The van der Waals surface area contributed by atoms with E-state index in [1.54, 1.807) is 19.0 Å². The molecule has 0 aromatic heterocycles. The number of hydrogen-bond donors (Lipinski definition) is 0. The van der Waals surface area contributed by atoms with E-state index in [-0.39, 0.29) is 11.1 Å². The molecule has 0 unspecified atom stereocenters. The molecule has 2 rings (SSSR count). The molecule has 0 aliphatic carbocycles. The van der Waals surface area contributed by atoms with Gasteiger partial charge in [0.05, 0.1) is 5.56 Å². The summed E-state index contributed by atoms with van der Waals surface area (Å²) >= 11 is 0. The molecule has 0 amide bonds. The van der Waals surface area contributed by atoms with Gasteiger partial charge in [-0.2, -0.15) is 13.2 Å². The first-order valence-corrected chi connectivity index (χ1v) is 5.94. The maximum Gasteiger partial charge on any atom is 0.417 e. The lowest BCUT2D eigenvalue weighted by molar-refractivity contribution is -0.137. The number of alkyl halides is 3. The van der Waals surface area contributed by atoms with Crippen molar-refractivity contribution >= 4 is 5.69 Å². The average molecular weight is 283 g/mol. The maximum absolute atomic E-state index is 13.9. The van der Waals surface area contributed by atoms with Gasteiger partial charge in [-0.25, -0.2) is 4.39 Å². The van der Waals surface area contributed by atoms with Gasteiger partial charge in [0, 0.05) is 25.3 Å². The molecule has 106 valence electrons. The van der Waals surface area contributed by atoms with Crippen molar-refractivity contribution in [2.45, 2.75) is 6.18 Å². The highest BCUT2D eigenvalue weighted by Crippen LogP contribution is 2.38. The van der Waals surface area contributed by atoms with E-state index in [1.807, 2.05) is 0 Å². The van der Waals surface area contributed by atoms with Crippen LogP contribution in [0.15, 0.2) is 42.5 Å². The Hall–Kier alpha value is -2.04. The Morgan fingerprint density at radius 2 is 1.55 bits per heavy atom. The van der Waals surface area contributed by atoms with Gasteiger partial charge < -0.3 is 4.90 Å². The molecule has 0 radical (unpaired) electrons. The summed E-state index contributed by atoms with van der Waals surface area (Å²) < 4.78 is 52.9. The Morgan fingerprint density at radius 3 is 2.15 bits per heavy atom. The predicted molar refractivity (Wildman–Crippen MR) is 71.2 cm³/mol. The predicted octanol–water partition coefficient (Wildman–Crippen LogP) is 4.58. The van der Waals surface area contributed by atoms with Crippen LogP contribution in [0, 0.1) is 5.82 Å². The van der Waals surface area contributed by atoms with Crippen LogP contribution in [0.4, 0.5) is 23.2 Å².